The van der Waals surface area contributed by atoms with Crippen molar-refractivity contribution in [2.24, 2.45) is 0 Å². The van der Waals surface area contributed by atoms with Gasteiger partial charge in [0.2, 0.25) is 0 Å². The van der Waals surface area contributed by atoms with Crippen LogP contribution in [0, 0.1) is 0 Å². The number of ether oxygens (including phenoxy) is 2. The molecule has 0 saturated heterocycles. The molecule has 2 aromatic rings. The molecule has 1 aromatic carbocycles. The summed E-state index contributed by atoms with van der Waals surface area (Å²) in [6.07, 6.45) is 1.18. The van der Waals surface area contributed by atoms with Crippen molar-refractivity contribution >= 4 is 22.2 Å². The van der Waals surface area contributed by atoms with E-state index in [9.17, 15) is 0 Å². The number of nitrogen functional groups attached to an aromatic ring is 1. The van der Waals surface area contributed by atoms with Crippen LogP contribution in [0.3, 0.4) is 0 Å². The summed E-state index contributed by atoms with van der Waals surface area (Å²) in [7, 11) is 1.71. The highest BCUT2D eigenvalue weighted by Gasteiger charge is 2.25. The first-order valence-corrected chi connectivity index (χ1v) is 7.85. The van der Waals surface area contributed by atoms with Gasteiger partial charge in [0, 0.05) is 18.1 Å². The van der Waals surface area contributed by atoms with Crippen LogP contribution in [0.5, 0.6) is 5.75 Å². The average Bonchev–Trinajstić information content (AvgIpc) is 2.93. The van der Waals surface area contributed by atoms with Gasteiger partial charge in [-0.3, -0.25) is 0 Å². The number of methoxy groups -OCH3 is 1. The van der Waals surface area contributed by atoms with Gasteiger partial charge in [-0.25, -0.2) is 4.98 Å². The second-order valence-corrected chi connectivity index (χ2v) is 5.93. The standard InChI is InChI=1S/C15H19N3O2S/c1-3-11-7-18(9-19-2)13-6-10(4-5-14(13)20-11)12-8-21-15(16)17-12/h4-6,8,11H,3,7,9H2,1-2H3,(H2,16,17). The SMILES string of the molecule is CCC1CN(COC)c2cc(-c3csc(N)n3)ccc2O1. The lowest BCUT2D eigenvalue weighted by Gasteiger charge is -2.35. The van der Waals surface area contributed by atoms with Crippen molar-refractivity contribution in [3.8, 4) is 17.0 Å². The van der Waals surface area contributed by atoms with Crippen LogP contribution in [0.25, 0.3) is 11.3 Å². The Morgan fingerprint density at radius 3 is 3.05 bits per heavy atom. The fourth-order valence-electron chi connectivity index (χ4n) is 2.50. The molecule has 2 N–H and O–H groups in total. The monoisotopic (exact) mass is 305 g/mol. The van der Waals surface area contributed by atoms with Crippen molar-refractivity contribution in [1.29, 1.82) is 0 Å². The van der Waals surface area contributed by atoms with Crippen molar-refractivity contribution in [2.45, 2.75) is 19.4 Å². The number of aromatic nitrogens is 1. The predicted molar refractivity (Wildman–Crippen MR) is 85.9 cm³/mol. The third-order valence-corrected chi connectivity index (χ3v) is 4.25. The summed E-state index contributed by atoms with van der Waals surface area (Å²) in [5.74, 6) is 0.900. The highest BCUT2D eigenvalue weighted by molar-refractivity contribution is 7.13. The molecule has 1 atom stereocenters. The summed E-state index contributed by atoms with van der Waals surface area (Å²) in [6.45, 7) is 3.52. The van der Waals surface area contributed by atoms with Crippen molar-refractivity contribution in [1.82, 2.24) is 4.98 Å². The molecule has 3 rings (SSSR count). The van der Waals surface area contributed by atoms with E-state index in [1.54, 1.807) is 7.11 Å². The quantitative estimate of drug-likeness (QED) is 0.941. The Hall–Kier alpha value is -1.79. The van der Waals surface area contributed by atoms with Crippen molar-refractivity contribution < 1.29 is 9.47 Å². The predicted octanol–water partition coefficient (Wildman–Crippen LogP) is 2.97. The van der Waals surface area contributed by atoms with Gasteiger partial charge in [0.15, 0.2) is 5.13 Å². The zero-order valence-corrected chi connectivity index (χ0v) is 13.0. The summed E-state index contributed by atoms with van der Waals surface area (Å²) >= 11 is 1.45. The van der Waals surface area contributed by atoms with Gasteiger partial charge in [-0.15, -0.1) is 11.3 Å². The zero-order valence-electron chi connectivity index (χ0n) is 12.2. The third kappa shape index (κ3) is 2.82. The number of thiazole rings is 1. The van der Waals surface area contributed by atoms with Gasteiger partial charge in [-0.05, 0) is 24.6 Å². The molecule has 21 heavy (non-hydrogen) atoms. The molecular weight excluding hydrogens is 286 g/mol. The molecule has 0 bridgehead atoms. The van der Waals surface area contributed by atoms with E-state index in [-0.39, 0.29) is 6.10 Å². The molecule has 1 aliphatic heterocycles. The van der Waals surface area contributed by atoms with E-state index in [1.807, 2.05) is 17.5 Å². The molecule has 6 heteroatoms. The van der Waals surface area contributed by atoms with Crippen molar-refractivity contribution in [2.75, 3.05) is 31.0 Å². The fraction of sp³-hybridized carbons (Fsp3) is 0.400. The number of nitrogens with two attached hydrogens (primary N) is 1. The maximum absolute atomic E-state index is 6.01. The number of anilines is 2. The first kappa shape index (κ1) is 14.2. The van der Waals surface area contributed by atoms with E-state index in [1.165, 1.54) is 11.3 Å². The smallest absolute Gasteiger partial charge is 0.180 e. The Labute approximate surface area is 128 Å². The lowest BCUT2D eigenvalue weighted by molar-refractivity contribution is 0.150. The maximum Gasteiger partial charge on any atom is 0.180 e. The first-order valence-electron chi connectivity index (χ1n) is 6.97. The molecule has 1 aromatic heterocycles. The van der Waals surface area contributed by atoms with Gasteiger partial charge < -0.3 is 20.1 Å². The zero-order chi connectivity index (χ0) is 14.8. The van der Waals surface area contributed by atoms with Crippen LogP contribution >= 0.6 is 11.3 Å². The minimum atomic E-state index is 0.202. The molecule has 1 aliphatic rings. The van der Waals surface area contributed by atoms with Crippen molar-refractivity contribution in [3.63, 3.8) is 0 Å². The first-order chi connectivity index (χ1) is 10.2. The Morgan fingerprint density at radius 1 is 1.52 bits per heavy atom. The summed E-state index contributed by atoms with van der Waals surface area (Å²) in [4.78, 5) is 6.54. The largest absolute Gasteiger partial charge is 0.486 e. The van der Waals surface area contributed by atoms with Crippen LogP contribution < -0.4 is 15.4 Å². The third-order valence-electron chi connectivity index (χ3n) is 3.58. The van der Waals surface area contributed by atoms with E-state index >= 15 is 0 Å². The van der Waals surface area contributed by atoms with E-state index in [0.29, 0.717) is 11.9 Å². The number of nitrogens with zero attached hydrogens (tertiary/aromatic N) is 2. The molecule has 0 spiro atoms. The number of rotatable bonds is 4. The minimum Gasteiger partial charge on any atom is -0.486 e. The van der Waals surface area contributed by atoms with E-state index in [0.717, 1.165) is 35.7 Å². The summed E-state index contributed by atoms with van der Waals surface area (Å²) < 4.78 is 11.3. The Bertz CT molecular complexity index is 629. The van der Waals surface area contributed by atoms with Gasteiger partial charge in [0.05, 0.1) is 17.9 Å². The molecule has 0 radical (unpaired) electrons. The maximum atomic E-state index is 6.01. The van der Waals surface area contributed by atoms with Crippen LogP contribution in [0.1, 0.15) is 13.3 Å². The molecule has 0 aliphatic carbocycles. The van der Waals surface area contributed by atoms with Gasteiger partial charge in [0.1, 0.15) is 18.6 Å². The molecular formula is C15H19N3O2S. The second kappa shape index (κ2) is 5.91. The number of fused-ring (bicyclic) bond motifs is 1. The minimum absolute atomic E-state index is 0.202. The van der Waals surface area contributed by atoms with Crippen LogP contribution in [-0.2, 0) is 4.74 Å². The van der Waals surface area contributed by atoms with E-state index < -0.39 is 0 Å². The summed E-state index contributed by atoms with van der Waals surface area (Å²) in [5, 5.41) is 2.55. The summed E-state index contributed by atoms with van der Waals surface area (Å²) in [6, 6.07) is 6.12. The lowest BCUT2D eigenvalue weighted by atomic mass is 10.1. The molecule has 1 unspecified atom stereocenters. The van der Waals surface area contributed by atoms with Crippen LogP contribution in [-0.4, -0.2) is 31.5 Å². The van der Waals surface area contributed by atoms with Gasteiger partial charge in [0.25, 0.3) is 0 Å². The number of hydrogen-bond acceptors (Lipinski definition) is 6. The molecule has 0 saturated carbocycles. The highest BCUT2D eigenvalue weighted by atomic mass is 32.1. The lowest BCUT2D eigenvalue weighted by Crippen LogP contribution is -2.40. The average molecular weight is 305 g/mol. The normalized spacial score (nSPS) is 17.4. The fourth-order valence-corrected chi connectivity index (χ4v) is 3.07. The molecule has 112 valence electrons. The Kier molecular flexibility index (Phi) is 3.98. The second-order valence-electron chi connectivity index (χ2n) is 5.04. The molecule has 0 amide bonds. The van der Waals surface area contributed by atoms with E-state index in [4.69, 9.17) is 15.2 Å². The number of hydrogen-bond donors (Lipinski definition) is 1. The van der Waals surface area contributed by atoms with Gasteiger partial charge in [-0.2, -0.15) is 0 Å². The molecule has 2 heterocycles. The molecule has 0 fully saturated rings. The van der Waals surface area contributed by atoms with Gasteiger partial charge in [-0.1, -0.05) is 6.92 Å². The van der Waals surface area contributed by atoms with Crippen LogP contribution in [0.15, 0.2) is 23.6 Å². The highest BCUT2D eigenvalue weighted by Crippen LogP contribution is 2.37. The van der Waals surface area contributed by atoms with Crippen LogP contribution in [0.2, 0.25) is 0 Å². The topological polar surface area (TPSA) is 60.6 Å². The number of benzene rings is 1. The molecule has 5 nitrogen and oxygen atoms in total. The Balaban J connectivity index is 1.97. The Morgan fingerprint density at radius 2 is 2.38 bits per heavy atom. The van der Waals surface area contributed by atoms with Crippen molar-refractivity contribution in [3.05, 3.63) is 23.6 Å². The van der Waals surface area contributed by atoms with E-state index in [2.05, 4.69) is 22.9 Å². The van der Waals surface area contributed by atoms with Crippen LogP contribution in [0.4, 0.5) is 10.8 Å². The summed E-state index contributed by atoms with van der Waals surface area (Å²) in [5.41, 5.74) is 8.71. The van der Waals surface area contributed by atoms with Gasteiger partial charge >= 0.3 is 0 Å².